The van der Waals surface area contributed by atoms with Gasteiger partial charge in [0.2, 0.25) is 0 Å². The van der Waals surface area contributed by atoms with Crippen LogP contribution in [0.1, 0.15) is 24.8 Å². The average Bonchev–Trinajstić information content (AvgIpc) is 2.88. The Morgan fingerprint density at radius 3 is 2.53 bits per heavy atom. The van der Waals surface area contributed by atoms with E-state index >= 15 is 0 Å². The second-order valence-corrected chi connectivity index (χ2v) is 5.92. The largest absolute Gasteiger partial charge is 0.249 e. The molecule has 3 heteroatoms. The van der Waals surface area contributed by atoms with Gasteiger partial charge in [-0.15, -0.1) is 11.3 Å². The van der Waals surface area contributed by atoms with E-state index in [1.165, 1.54) is 6.07 Å². The van der Waals surface area contributed by atoms with E-state index < -0.39 is 0 Å². The summed E-state index contributed by atoms with van der Waals surface area (Å²) >= 11 is 1.64. The van der Waals surface area contributed by atoms with Crippen LogP contribution in [0.15, 0.2) is 42.6 Å². The lowest BCUT2D eigenvalue weighted by Crippen LogP contribution is -1.83. The maximum absolute atomic E-state index is 14.1. The molecule has 19 heavy (non-hydrogen) atoms. The second kappa shape index (κ2) is 4.74. The molecule has 3 rings (SSSR count). The van der Waals surface area contributed by atoms with Gasteiger partial charge in [0.1, 0.15) is 5.82 Å². The van der Waals surface area contributed by atoms with Crippen molar-refractivity contribution in [2.24, 2.45) is 0 Å². The third-order valence-electron chi connectivity index (χ3n) is 3.14. The fraction of sp³-hybridized carbons (Fsp3) is 0.188. The monoisotopic (exact) mass is 271 g/mol. The molecule has 1 heterocycles. The van der Waals surface area contributed by atoms with Gasteiger partial charge in [-0.3, -0.25) is 0 Å². The highest BCUT2D eigenvalue weighted by atomic mass is 32.1. The van der Waals surface area contributed by atoms with Crippen LogP contribution in [0.2, 0.25) is 0 Å². The number of fused-ring (bicyclic) bond motifs is 1. The minimum absolute atomic E-state index is 0.174. The predicted molar refractivity (Wildman–Crippen MR) is 79.1 cm³/mol. The number of hydrogen-bond acceptors (Lipinski definition) is 2. The summed E-state index contributed by atoms with van der Waals surface area (Å²) in [5.74, 6) is 0.228. The van der Waals surface area contributed by atoms with Crippen molar-refractivity contribution < 1.29 is 4.39 Å². The maximum atomic E-state index is 14.1. The van der Waals surface area contributed by atoms with Crippen molar-refractivity contribution in [1.29, 1.82) is 0 Å². The first kappa shape index (κ1) is 12.3. The molecule has 0 atom stereocenters. The summed E-state index contributed by atoms with van der Waals surface area (Å²) in [6, 6.07) is 11.1. The first-order valence-corrected chi connectivity index (χ1v) is 7.12. The number of hydrogen-bond donors (Lipinski definition) is 0. The van der Waals surface area contributed by atoms with E-state index in [0.29, 0.717) is 11.3 Å². The molecule has 0 spiro atoms. The Hall–Kier alpha value is -1.74. The fourth-order valence-corrected chi connectivity index (χ4v) is 3.13. The molecular weight excluding hydrogens is 257 g/mol. The zero-order valence-electron chi connectivity index (χ0n) is 10.9. The van der Waals surface area contributed by atoms with Crippen molar-refractivity contribution in [2.45, 2.75) is 19.8 Å². The summed E-state index contributed by atoms with van der Waals surface area (Å²) in [5.41, 5.74) is 0.931. The van der Waals surface area contributed by atoms with Crippen LogP contribution in [0.5, 0.6) is 0 Å². The molecule has 1 aromatic heterocycles. The number of thiazole rings is 1. The first-order valence-electron chi connectivity index (χ1n) is 6.30. The van der Waals surface area contributed by atoms with Gasteiger partial charge in [0.15, 0.2) is 0 Å². The van der Waals surface area contributed by atoms with Crippen LogP contribution >= 0.6 is 11.3 Å². The molecule has 0 amide bonds. The third-order valence-corrected chi connectivity index (χ3v) is 4.47. The zero-order chi connectivity index (χ0) is 13.4. The lowest BCUT2D eigenvalue weighted by Gasteiger charge is -2.05. The van der Waals surface area contributed by atoms with Crippen LogP contribution in [-0.2, 0) is 0 Å². The lowest BCUT2D eigenvalue weighted by atomic mass is 10.0. The molecule has 1 nitrogen and oxygen atoms in total. The third kappa shape index (κ3) is 2.15. The summed E-state index contributed by atoms with van der Waals surface area (Å²) < 4.78 is 14.1. The molecule has 0 aliphatic heterocycles. The number of halogens is 1. The van der Waals surface area contributed by atoms with E-state index in [0.717, 1.165) is 20.8 Å². The quantitative estimate of drug-likeness (QED) is 0.622. The summed E-state index contributed by atoms with van der Waals surface area (Å²) in [5, 5.41) is 2.70. The highest BCUT2D eigenvalue weighted by Gasteiger charge is 2.12. The second-order valence-electron chi connectivity index (χ2n) is 4.86. The highest BCUT2D eigenvalue weighted by Crippen LogP contribution is 2.35. The summed E-state index contributed by atoms with van der Waals surface area (Å²) in [6.07, 6.45) is 1.85. The molecular formula is C16H14FNS. The first-order chi connectivity index (χ1) is 9.16. The molecule has 0 saturated carbocycles. The molecule has 96 valence electrons. The van der Waals surface area contributed by atoms with E-state index in [9.17, 15) is 4.39 Å². The lowest BCUT2D eigenvalue weighted by molar-refractivity contribution is 0.640. The molecule has 0 fully saturated rings. The van der Waals surface area contributed by atoms with E-state index in [4.69, 9.17) is 0 Å². The van der Waals surface area contributed by atoms with Gasteiger partial charge in [-0.25, -0.2) is 9.37 Å². The molecule has 0 radical (unpaired) electrons. The maximum Gasteiger partial charge on any atom is 0.131 e. The van der Waals surface area contributed by atoms with Gasteiger partial charge in [0, 0.05) is 23.1 Å². The fourth-order valence-electron chi connectivity index (χ4n) is 2.18. The van der Waals surface area contributed by atoms with Crippen LogP contribution in [-0.4, -0.2) is 4.98 Å². The Balaban J connectivity index is 2.24. The molecule has 0 aliphatic carbocycles. The van der Waals surface area contributed by atoms with Gasteiger partial charge in [-0.05, 0) is 11.5 Å². The van der Waals surface area contributed by atoms with Crippen LogP contribution in [0.25, 0.3) is 21.2 Å². The van der Waals surface area contributed by atoms with Gasteiger partial charge in [0.25, 0.3) is 0 Å². The summed E-state index contributed by atoms with van der Waals surface area (Å²) in [4.78, 5) is 5.45. The van der Waals surface area contributed by atoms with Crippen molar-refractivity contribution in [3.8, 4) is 10.4 Å². The number of benzene rings is 2. The number of aromatic nitrogens is 1. The average molecular weight is 271 g/mol. The van der Waals surface area contributed by atoms with Gasteiger partial charge in [0.05, 0.1) is 9.88 Å². The topological polar surface area (TPSA) is 12.9 Å². The normalized spacial score (nSPS) is 11.4. The molecule has 2 aromatic carbocycles. The van der Waals surface area contributed by atoms with Gasteiger partial charge >= 0.3 is 0 Å². The summed E-state index contributed by atoms with van der Waals surface area (Å²) in [6.45, 7) is 4.23. The van der Waals surface area contributed by atoms with Crippen molar-refractivity contribution in [2.75, 3.05) is 0 Å². The van der Waals surface area contributed by atoms with Crippen molar-refractivity contribution in [3.05, 3.63) is 53.4 Å². The van der Waals surface area contributed by atoms with Crippen LogP contribution in [0.4, 0.5) is 4.39 Å². The molecule has 0 aliphatic rings. The molecule has 0 saturated heterocycles. The van der Waals surface area contributed by atoms with Crippen molar-refractivity contribution in [1.82, 2.24) is 4.98 Å². The van der Waals surface area contributed by atoms with Gasteiger partial charge in [-0.1, -0.05) is 44.2 Å². The highest BCUT2D eigenvalue weighted by molar-refractivity contribution is 7.15. The van der Waals surface area contributed by atoms with Gasteiger partial charge in [-0.2, -0.15) is 0 Å². The van der Waals surface area contributed by atoms with E-state index in [1.54, 1.807) is 17.4 Å². The predicted octanol–water partition coefficient (Wildman–Crippen LogP) is 5.23. The Morgan fingerprint density at radius 2 is 1.84 bits per heavy atom. The van der Waals surface area contributed by atoms with Crippen molar-refractivity contribution >= 4 is 22.1 Å². The minimum atomic E-state index is -0.174. The molecule has 0 bridgehead atoms. The molecule has 3 aromatic rings. The number of nitrogens with zero attached hydrogens (tertiary/aromatic N) is 1. The summed E-state index contributed by atoms with van der Waals surface area (Å²) in [7, 11) is 0. The SMILES string of the molecule is CC(C)c1ncc(-c2cccc3cccc(F)c23)s1. The number of rotatable bonds is 2. The Labute approximate surface area is 115 Å². The van der Waals surface area contributed by atoms with Gasteiger partial charge < -0.3 is 0 Å². The van der Waals surface area contributed by atoms with E-state index in [2.05, 4.69) is 18.8 Å². The van der Waals surface area contributed by atoms with E-state index in [-0.39, 0.29) is 5.82 Å². The van der Waals surface area contributed by atoms with Crippen LogP contribution < -0.4 is 0 Å². The van der Waals surface area contributed by atoms with Crippen LogP contribution in [0, 0.1) is 5.82 Å². The van der Waals surface area contributed by atoms with Crippen molar-refractivity contribution in [3.63, 3.8) is 0 Å². The van der Waals surface area contributed by atoms with Crippen LogP contribution in [0.3, 0.4) is 0 Å². The Bertz CT molecular complexity index is 725. The smallest absolute Gasteiger partial charge is 0.131 e. The Kier molecular flexibility index (Phi) is 3.07. The standard InChI is InChI=1S/C16H14FNS/c1-10(2)16-18-9-14(19-16)12-7-3-5-11-6-4-8-13(17)15(11)12/h3-10H,1-2H3. The zero-order valence-corrected chi connectivity index (χ0v) is 11.7. The Morgan fingerprint density at radius 1 is 1.11 bits per heavy atom. The minimum Gasteiger partial charge on any atom is -0.249 e. The molecule has 0 N–H and O–H groups in total. The van der Waals surface area contributed by atoms with E-state index in [1.807, 2.05) is 30.5 Å². The molecule has 0 unspecified atom stereocenters.